The molecule has 2 N–H and O–H groups in total. The zero-order valence-electron chi connectivity index (χ0n) is 15.1. The Labute approximate surface area is 157 Å². The van der Waals surface area contributed by atoms with Gasteiger partial charge in [0.1, 0.15) is 11.4 Å². The lowest BCUT2D eigenvalue weighted by Crippen LogP contribution is -2.58. The van der Waals surface area contributed by atoms with Gasteiger partial charge in [-0.25, -0.2) is 15.2 Å². The Morgan fingerprint density at radius 2 is 1.70 bits per heavy atom. The van der Waals surface area contributed by atoms with Gasteiger partial charge in [-0.1, -0.05) is 18.2 Å². The lowest BCUT2D eigenvalue weighted by atomic mass is 9.97. The number of benzene rings is 2. The number of hydrogen-bond acceptors (Lipinski definition) is 4. The zero-order chi connectivity index (χ0) is 18.9. The number of hydrogen-bond donors (Lipinski definition) is 2. The van der Waals surface area contributed by atoms with Crippen LogP contribution >= 0.6 is 0 Å². The second kappa shape index (κ2) is 6.92. The fraction of sp³-hybridized carbons (Fsp3) is 0.300. The molecule has 0 bridgehead atoms. The number of amides is 3. The maximum absolute atomic E-state index is 12.7. The number of piperidine rings is 1. The predicted molar refractivity (Wildman–Crippen MR) is 101 cm³/mol. The third kappa shape index (κ3) is 3.33. The summed E-state index contributed by atoms with van der Waals surface area (Å²) in [6.07, 6.45) is 1.29. The van der Waals surface area contributed by atoms with Crippen LogP contribution in [0, 0.1) is 0 Å². The molecule has 4 rings (SSSR count). The van der Waals surface area contributed by atoms with Gasteiger partial charge in [0.2, 0.25) is 0 Å². The van der Waals surface area contributed by atoms with E-state index < -0.39 is 5.66 Å². The van der Waals surface area contributed by atoms with Crippen LogP contribution in [0.25, 0.3) is 0 Å². The number of methoxy groups -OCH3 is 1. The van der Waals surface area contributed by atoms with Crippen molar-refractivity contribution < 1.29 is 14.3 Å². The third-order valence-corrected chi connectivity index (χ3v) is 5.13. The summed E-state index contributed by atoms with van der Waals surface area (Å²) in [4.78, 5) is 27.0. The van der Waals surface area contributed by atoms with E-state index in [1.54, 1.807) is 36.4 Å². The van der Waals surface area contributed by atoms with E-state index in [4.69, 9.17) is 4.74 Å². The topological polar surface area (TPSA) is 73.9 Å². The SMILES string of the molecule is COc1ccc(C(=O)N2CCC3(CC2)NC(=O)N(c2ccccc2)N3)cc1. The molecule has 0 atom stereocenters. The number of para-hydroxylation sites is 1. The molecule has 27 heavy (non-hydrogen) atoms. The van der Waals surface area contributed by atoms with Gasteiger partial charge in [0.15, 0.2) is 0 Å². The number of likely N-dealkylation sites (tertiary alicyclic amines) is 1. The highest BCUT2D eigenvalue weighted by molar-refractivity contribution is 5.95. The number of urea groups is 1. The van der Waals surface area contributed by atoms with Crippen LogP contribution in [-0.4, -0.2) is 42.7 Å². The summed E-state index contributed by atoms with van der Waals surface area (Å²) < 4.78 is 5.14. The van der Waals surface area contributed by atoms with Gasteiger partial charge in [0.05, 0.1) is 12.8 Å². The molecule has 2 aliphatic rings. The van der Waals surface area contributed by atoms with Gasteiger partial charge in [-0.2, -0.15) is 0 Å². The van der Waals surface area contributed by atoms with Crippen LogP contribution < -0.4 is 20.5 Å². The Kier molecular flexibility index (Phi) is 4.45. The normalized spacial score (nSPS) is 18.5. The molecule has 0 radical (unpaired) electrons. The maximum Gasteiger partial charge on any atom is 0.338 e. The second-order valence-corrected chi connectivity index (χ2v) is 6.82. The molecule has 2 aliphatic heterocycles. The van der Waals surface area contributed by atoms with Gasteiger partial charge in [-0.15, -0.1) is 0 Å². The first kappa shape index (κ1) is 17.4. The Bertz CT molecular complexity index is 830. The van der Waals surface area contributed by atoms with Crippen molar-refractivity contribution >= 4 is 17.6 Å². The summed E-state index contributed by atoms with van der Waals surface area (Å²) in [6.45, 7) is 1.14. The van der Waals surface area contributed by atoms with Crippen LogP contribution in [0.1, 0.15) is 23.2 Å². The molecule has 2 saturated heterocycles. The Morgan fingerprint density at radius 3 is 2.33 bits per heavy atom. The number of carbonyl (C=O) groups excluding carboxylic acids is 2. The standard InChI is InChI=1S/C20H22N4O3/c1-27-17-9-7-15(8-10-17)18(25)23-13-11-20(12-14-23)21-19(26)24(22-20)16-5-3-2-4-6-16/h2-10,22H,11-14H2,1H3,(H,21,26). The molecule has 140 valence electrons. The van der Waals surface area contributed by atoms with E-state index in [2.05, 4.69) is 10.7 Å². The molecule has 0 unspecified atom stereocenters. The van der Waals surface area contributed by atoms with E-state index in [-0.39, 0.29) is 11.9 Å². The minimum Gasteiger partial charge on any atom is -0.497 e. The molecule has 0 saturated carbocycles. The van der Waals surface area contributed by atoms with Crippen molar-refractivity contribution in [3.63, 3.8) is 0 Å². The first-order valence-electron chi connectivity index (χ1n) is 8.99. The molecule has 2 aromatic rings. The molecule has 7 heteroatoms. The monoisotopic (exact) mass is 366 g/mol. The van der Waals surface area contributed by atoms with E-state index in [1.165, 1.54) is 0 Å². The van der Waals surface area contributed by atoms with Gasteiger partial charge in [0, 0.05) is 31.5 Å². The van der Waals surface area contributed by atoms with Gasteiger partial charge in [0.25, 0.3) is 5.91 Å². The maximum atomic E-state index is 12.7. The van der Waals surface area contributed by atoms with Gasteiger partial charge in [-0.3, -0.25) is 4.79 Å². The quantitative estimate of drug-likeness (QED) is 0.875. The molecular weight excluding hydrogens is 344 g/mol. The fourth-order valence-corrected chi connectivity index (χ4v) is 3.56. The van der Waals surface area contributed by atoms with E-state index in [0.29, 0.717) is 31.5 Å². The number of rotatable bonds is 3. The first-order chi connectivity index (χ1) is 13.1. The summed E-state index contributed by atoms with van der Waals surface area (Å²) in [5.74, 6) is 0.722. The highest BCUT2D eigenvalue weighted by atomic mass is 16.5. The number of nitrogens with one attached hydrogen (secondary N) is 2. The number of ether oxygens (including phenoxy) is 1. The summed E-state index contributed by atoms with van der Waals surface area (Å²) in [6, 6.07) is 16.4. The minimum atomic E-state index is -0.510. The highest BCUT2D eigenvalue weighted by Crippen LogP contribution is 2.28. The average Bonchev–Trinajstić information content (AvgIpc) is 3.04. The van der Waals surface area contributed by atoms with E-state index in [0.717, 1.165) is 11.4 Å². The Balaban J connectivity index is 1.41. The molecule has 0 aliphatic carbocycles. The van der Waals surface area contributed by atoms with Crippen LogP contribution in [0.3, 0.4) is 0 Å². The Hall–Kier alpha value is -3.06. The minimum absolute atomic E-state index is 0.00302. The van der Waals surface area contributed by atoms with Crippen LogP contribution in [0.15, 0.2) is 54.6 Å². The molecule has 7 nitrogen and oxygen atoms in total. The molecule has 1 spiro atoms. The van der Waals surface area contributed by atoms with Crippen molar-refractivity contribution in [1.82, 2.24) is 15.6 Å². The van der Waals surface area contributed by atoms with Crippen molar-refractivity contribution in [2.45, 2.75) is 18.5 Å². The second-order valence-electron chi connectivity index (χ2n) is 6.82. The van der Waals surface area contributed by atoms with Crippen LogP contribution in [-0.2, 0) is 0 Å². The van der Waals surface area contributed by atoms with E-state index in [1.807, 2.05) is 35.2 Å². The van der Waals surface area contributed by atoms with Gasteiger partial charge >= 0.3 is 6.03 Å². The molecule has 2 aromatic carbocycles. The smallest absolute Gasteiger partial charge is 0.338 e. The summed E-state index contributed by atoms with van der Waals surface area (Å²) in [7, 11) is 1.60. The highest BCUT2D eigenvalue weighted by Gasteiger charge is 2.45. The number of carbonyl (C=O) groups is 2. The van der Waals surface area contributed by atoms with Crippen LogP contribution in [0.2, 0.25) is 0 Å². The van der Waals surface area contributed by atoms with Crippen molar-refractivity contribution in [2.24, 2.45) is 0 Å². The van der Waals surface area contributed by atoms with Crippen molar-refractivity contribution in [2.75, 3.05) is 25.2 Å². The summed E-state index contributed by atoms with van der Waals surface area (Å²) in [5, 5.41) is 4.60. The average molecular weight is 366 g/mol. The molecule has 2 heterocycles. The molecule has 2 fully saturated rings. The van der Waals surface area contributed by atoms with Crippen LogP contribution in [0.4, 0.5) is 10.5 Å². The molecule has 0 aromatic heterocycles. The zero-order valence-corrected chi connectivity index (χ0v) is 15.1. The van der Waals surface area contributed by atoms with Gasteiger partial charge < -0.3 is 15.0 Å². The Morgan fingerprint density at radius 1 is 1.04 bits per heavy atom. The summed E-state index contributed by atoms with van der Waals surface area (Å²) in [5.41, 5.74) is 4.23. The number of anilines is 1. The lowest BCUT2D eigenvalue weighted by Gasteiger charge is -2.38. The third-order valence-electron chi connectivity index (χ3n) is 5.13. The van der Waals surface area contributed by atoms with Crippen molar-refractivity contribution in [3.05, 3.63) is 60.2 Å². The van der Waals surface area contributed by atoms with Crippen LogP contribution in [0.5, 0.6) is 5.75 Å². The largest absolute Gasteiger partial charge is 0.497 e. The predicted octanol–water partition coefficient (Wildman–Crippen LogP) is 2.36. The number of nitrogens with zero attached hydrogens (tertiary/aromatic N) is 2. The van der Waals surface area contributed by atoms with E-state index in [9.17, 15) is 9.59 Å². The lowest BCUT2D eigenvalue weighted by molar-refractivity contribution is 0.0640. The number of hydrazine groups is 1. The van der Waals surface area contributed by atoms with Crippen molar-refractivity contribution in [3.8, 4) is 5.75 Å². The first-order valence-corrected chi connectivity index (χ1v) is 8.99. The van der Waals surface area contributed by atoms with Gasteiger partial charge in [-0.05, 0) is 36.4 Å². The molecule has 3 amide bonds. The fourth-order valence-electron chi connectivity index (χ4n) is 3.56. The van der Waals surface area contributed by atoms with E-state index >= 15 is 0 Å². The van der Waals surface area contributed by atoms with Crippen molar-refractivity contribution in [1.29, 1.82) is 0 Å². The summed E-state index contributed by atoms with van der Waals surface area (Å²) >= 11 is 0. The molecular formula is C20H22N4O3.